The number of alkyl halides is 3. The largest absolute Gasteiger partial charge is 0.490 e. The monoisotopic (exact) mass is 451 g/mol. The van der Waals surface area contributed by atoms with Gasteiger partial charge in [0.25, 0.3) is 0 Å². The van der Waals surface area contributed by atoms with E-state index in [0.29, 0.717) is 19.1 Å². The maximum absolute atomic E-state index is 12.0. The zero-order valence-electron chi connectivity index (χ0n) is 16.1. The lowest BCUT2D eigenvalue weighted by Gasteiger charge is -2.19. The van der Waals surface area contributed by atoms with Crippen LogP contribution in [-0.4, -0.2) is 73.1 Å². The van der Waals surface area contributed by atoms with Crippen LogP contribution >= 0.6 is 0 Å². The second-order valence-electron chi connectivity index (χ2n) is 7.71. The number of carboxylic acid groups (broad SMARTS) is 1. The Balaban J connectivity index is 0.000000318. The minimum absolute atomic E-state index is 0.148. The zero-order valence-corrected chi connectivity index (χ0v) is 16.9. The molecule has 4 rings (SSSR count). The lowest BCUT2D eigenvalue weighted by atomic mass is 9.93. The van der Waals surface area contributed by atoms with Gasteiger partial charge in [-0.25, -0.2) is 17.9 Å². The predicted octanol–water partition coefficient (Wildman–Crippen LogP) is 1.24. The summed E-state index contributed by atoms with van der Waals surface area (Å²) in [6.07, 6.45) is -1.42. The van der Waals surface area contributed by atoms with Crippen LogP contribution in [0.15, 0.2) is 24.4 Å². The van der Waals surface area contributed by atoms with Gasteiger partial charge in [0.05, 0.1) is 23.7 Å². The fourth-order valence-electron chi connectivity index (χ4n) is 3.66. The molecule has 1 aromatic heterocycles. The fraction of sp³-hybridized carbons (Fsp3) is 0.667. The highest BCUT2D eigenvalue weighted by atomic mass is 32.2. The Labute approximate surface area is 172 Å². The molecule has 0 bridgehead atoms. The summed E-state index contributed by atoms with van der Waals surface area (Å²) in [5.41, 5.74) is 1.07. The van der Waals surface area contributed by atoms with E-state index in [1.54, 1.807) is 0 Å². The lowest BCUT2D eigenvalue weighted by molar-refractivity contribution is -0.192. The molecule has 0 amide bonds. The number of likely N-dealkylation sites (tertiary alicyclic amines) is 1. The third kappa shape index (κ3) is 6.13. The van der Waals surface area contributed by atoms with Gasteiger partial charge in [0.1, 0.15) is 0 Å². The van der Waals surface area contributed by atoms with Crippen LogP contribution < -0.4 is 4.72 Å². The second-order valence-corrected chi connectivity index (χ2v) is 9.75. The number of aromatic nitrogens is 1. The van der Waals surface area contributed by atoms with E-state index in [1.165, 1.54) is 0 Å². The molecule has 12 heteroatoms. The molecule has 168 valence electrons. The topological polar surface area (TPSA) is 109 Å². The molecule has 2 saturated heterocycles. The number of carboxylic acids is 1. The Morgan fingerprint density at radius 3 is 2.57 bits per heavy atom. The molecule has 30 heavy (non-hydrogen) atoms. The maximum Gasteiger partial charge on any atom is 0.490 e. The number of halogens is 3. The number of aliphatic carboxylic acids is 1. The van der Waals surface area contributed by atoms with Crippen LogP contribution in [0, 0.1) is 11.8 Å². The molecule has 0 radical (unpaired) electrons. The Morgan fingerprint density at radius 1 is 1.30 bits per heavy atom. The van der Waals surface area contributed by atoms with Crippen molar-refractivity contribution in [3.8, 4) is 0 Å². The average Bonchev–Trinajstić information content (AvgIpc) is 3.37. The van der Waals surface area contributed by atoms with Gasteiger partial charge in [-0.3, -0.25) is 9.88 Å². The highest BCUT2D eigenvalue weighted by Crippen LogP contribution is 2.34. The number of hydrogen-bond donors (Lipinski definition) is 2. The van der Waals surface area contributed by atoms with Crippen molar-refractivity contribution in [2.24, 2.45) is 11.8 Å². The number of nitrogens with zero attached hydrogens (tertiary/aromatic N) is 2. The van der Waals surface area contributed by atoms with E-state index in [0.717, 1.165) is 38.2 Å². The standard InChI is InChI=1S/C16H23N3O3S.C2HF3O2/c20-23(21,14-4-5-14)18-7-12-11-22-16-10-19(9-15(12)16)8-13-3-1-2-6-17-13;3-2(4,5)1(6)7/h1-3,6,12,14-16,18H,4-5,7-11H2;(H,6,7)/t12-,15-,16-;/m1./s1. The zero-order chi connectivity index (χ0) is 21.9. The van der Waals surface area contributed by atoms with Gasteiger partial charge in [-0.1, -0.05) is 6.07 Å². The van der Waals surface area contributed by atoms with E-state index in [4.69, 9.17) is 14.6 Å². The van der Waals surface area contributed by atoms with Gasteiger partial charge in [-0.2, -0.15) is 13.2 Å². The lowest BCUT2D eigenvalue weighted by Crippen LogP contribution is -2.35. The van der Waals surface area contributed by atoms with Gasteiger partial charge < -0.3 is 9.84 Å². The number of hydrogen-bond acceptors (Lipinski definition) is 6. The summed E-state index contributed by atoms with van der Waals surface area (Å²) in [5, 5.41) is 6.98. The number of nitrogens with one attached hydrogen (secondary N) is 1. The van der Waals surface area contributed by atoms with E-state index >= 15 is 0 Å². The molecular weight excluding hydrogens is 427 g/mol. The normalized spacial score (nSPS) is 26.7. The van der Waals surface area contributed by atoms with Gasteiger partial charge in [0, 0.05) is 44.2 Å². The van der Waals surface area contributed by atoms with Crippen molar-refractivity contribution >= 4 is 16.0 Å². The van der Waals surface area contributed by atoms with E-state index in [1.807, 2.05) is 24.4 Å². The first kappa shape index (κ1) is 22.9. The number of carbonyl (C=O) groups is 1. The molecule has 0 spiro atoms. The van der Waals surface area contributed by atoms with Crippen LogP contribution in [0.3, 0.4) is 0 Å². The molecule has 1 saturated carbocycles. The molecule has 2 N–H and O–H groups in total. The molecule has 3 heterocycles. The molecular formula is C18H24F3N3O5S. The van der Waals surface area contributed by atoms with Crippen LogP contribution in [0.2, 0.25) is 0 Å². The fourth-order valence-corrected chi connectivity index (χ4v) is 5.10. The van der Waals surface area contributed by atoms with E-state index in [2.05, 4.69) is 14.6 Å². The third-order valence-corrected chi connectivity index (χ3v) is 7.30. The number of ether oxygens (including phenoxy) is 1. The first-order chi connectivity index (χ1) is 14.1. The molecule has 3 fully saturated rings. The van der Waals surface area contributed by atoms with Crippen LogP contribution in [0.4, 0.5) is 13.2 Å². The first-order valence-electron chi connectivity index (χ1n) is 9.58. The number of rotatable bonds is 6. The van der Waals surface area contributed by atoms with Gasteiger partial charge in [0.15, 0.2) is 0 Å². The molecule has 2 aliphatic heterocycles. The van der Waals surface area contributed by atoms with Crippen LogP contribution in [0.5, 0.6) is 0 Å². The maximum atomic E-state index is 12.0. The van der Waals surface area contributed by atoms with Gasteiger partial charge in [0.2, 0.25) is 10.0 Å². The van der Waals surface area contributed by atoms with E-state index in [9.17, 15) is 21.6 Å². The highest BCUT2D eigenvalue weighted by molar-refractivity contribution is 7.90. The summed E-state index contributed by atoms with van der Waals surface area (Å²) in [6, 6.07) is 5.97. The van der Waals surface area contributed by atoms with E-state index in [-0.39, 0.29) is 17.3 Å². The molecule has 0 unspecified atom stereocenters. The predicted molar refractivity (Wildman–Crippen MR) is 99.9 cm³/mol. The molecule has 0 aromatic carbocycles. The molecule has 3 atom stereocenters. The van der Waals surface area contributed by atoms with Crippen LogP contribution in [-0.2, 0) is 26.1 Å². The van der Waals surface area contributed by atoms with E-state index < -0.39 is 22.2 Å². The summed E-state index contributed by atoms with van der Waals surface area (Å²) < 4.78 is 64.4. The Hall–Kier alpha value is -1.76. The van der Waals surface area contributed by atoms with Crippen molar-refractivity contribution in [2.75, 3.05) is 26.2 Å². The molecule has 3 aliphatic rings. The van der Waals surface area contributed by atoms with Crippen molar-refractivity contribution in [3.05, 3.63) is 30.1 Å². The molecule has 8 nitrogen and oxygen atoms in total. The summed E-state index contributed by atoms with van der Waals surface area (Å²) in [5.74, 6) is -2.06. The summed E-state index contributed by atoms with van der Waals surface area (Å²) in [4.78, 5) is 15.6. The number of sulfonamides is 1. The van der Waals surface area contributed by atoms with Crippen molar-refractivity contribution < 1.29 is 36.2 Å². The smallest absolute Gasteiger partial charge is 0.475 e. The summed E-state index contributed by atoms with van der Waals surface area (Å²) >= 11 is 0. The molecule has 1 aliphatic carbocycles. The molecule has 1 aromatic rings. The van der Waals surface area contributed by atoms with Crippen molar-refractivity contribution in [1.82, 2.24) is 14.6 Å². The average molecular weight is 451 g/mol. The van der Waals surface area contributed by atoms with Crippen molar-refractivity contribution in [3.63, 3.8) is 0 Å². The minimum atomic E-state index is -5.08. The minimum Gasteiger partial charge on any atom is -0.475 e. The second kappa shape index (κ2) is 9.16. The summed E-state index contributed by atoms with van der Waals surface area (Å²) in [6.45, 7) is 3.87. The Kier molecular flexibility index (Phi) is 7.00. The quantitative estimate of drug-likeness (QED) is 0.670. The van der Waals surface area contributed by atoms with Crippen molar-refractivity contribution in [1.29, 1.82) is 0 Å². The Bertz CT molecular complexity index is 833. The van der Waals surface area contributed by atoms with Crippen molar-refractivity contribution in [2.45, 2.75) is 36.9 Å². The summed E-state index contributed by atoms with van der Waals surface area (Å²) in [7, 11) is -3.09. The number of fused-ring (bicyclic) bond motifs is 1. The third-order valence-electron chi connectivity index (χ3n) is 5.38. The highest BCUT2D eigenvalue weighted by Gasteiger charge is 2.44. The Morgan fingerprint density at radius 2 is 2.00 bits per heavy atom. The van der Waals surface area contributed by atoms with Gasteiger partial charge >= 0.3 is 12.1 Å². The van der Waals surface area contributed by atoms with Gasteiger partial charge in [-0.15, -0.1) is 0 Å². The first-order valence-corrected chi connectivity index (χ1v) is 11.1. The number of pyridine rings is 1. The SMILES string of the molecule is O=C(O)C(F)(F)F.O=S(=O)(NC[C@@H]1CO[C@@H]2CN(Cc3ccccn3)C[C@H]12)C1CC1. The van der Waals surface area contributed by atoms with Crippen LogP contribution in [0.25, 0.3) is 0 Å². The van der Waals surface area contributed by atoms with Gasteiger partial charge in [-0.05, 0) is 25.0 Å². The van der Waals surface area contributed by atoms with Crippen LogP contribution in [0.1, 0.15) is 18.5 Å².